The van der Waals surface area contributed by atoms with Crippen molar-refractivity contribution in [3.8, 4) is 35.1 Å². The molecular formula is C51H60ClN11O6. The maximum absolute atomic E-state index is 14.2. The molecule has 69 heavy (non-hydrogen) atoms. The smallest absolute Gasteiger partial charge is 0.318 e. The molecule has 3 aromatic heterocycles. The van der Waals surface area contributed by atoms with Gasteiger partial charge in [0.2, 0.25) is 17.8 Å². The second-order valence-electron chi connectivity index (χ2n) is 20.0. The van der Waals surface area contributed by atoms with Crippen molar-refractivity contribution < 1.29 is 29.7 Å². The Labute approximate surface area is 406 Å². The SMILES string of the molecule is C#Cc1cc(O)c(CNC(=O)[C@@H]2C[C@@H](O)CN2C(=O)[C@@H](NC(=O)N2CCC(N3CCC(c4cnc(N5CCc6[nH]c7nnc(-c8ccccc8O)cc7c6[C@H]5C)nc4)CC3)CC2)C(C)(C)C)c(Cl)c1. The molecule has 0 radical (unpaired) electrons. The summed E-state index contributed by atoms with van der Waals surface area (Å²) in [7, 11) is 0. The Morgan fingerprint density at radius 2 is 1.70 bits per heavy atom. The number of fused-ring (bicyclic) bond motifs is 3. The second-order valence-corrected chi connectivity index (χ2v) is 20.4. The number of H-pyrrole nitrogens is 1. The van der Waals surface area contributed by atoms with E-state index in [1.165, 1.54) is 17.0 Å². The van der Waals surface area contributed by atoms with Gasteiger partial charge in [-0.05, 0) is 92.9 Å². The minimum atomic E-state index is -0.990. The number of β-amino-alcohol motifs (C(OH)–C–C–N with tert-alkyl or cyclic N) is 1. The van der Waals surface area contributed by atoms with Crippen LogP contribution in [0.1, 0.15) is 99.7 Å². The van der Waals surface area contributed by atoms with Crippen molar-refractivity contribution in [2.24, 2.45) is 5.41 Å². The quantitative estimate of drug-likeness (QED) is 0.0992. The molecule has 0 saturated carbocycles. The van der Waals surface area contributed by atoms with Crippen LogP contribution in [0, 0.1) is 17.8 Å². The number of terminal acetylenes is 1. The van der Waals surface area contributed by atoms with Crippen LogP contribution in [0.25, 0.3) is 22.3 Å². The maximum Gasteiger partial charge on any atom is 0.318 e. The van der Waals surface area contributed by atoms with Crippen LogP contribution in [-0.4, -0.2) is 137 Å². The number of amides is 4. The molecule has 6 N–H and O–H groups in total. The van der Waals surface area contributed by atoms with Crippen LogP contribution in [0.5, 0.6) is 11.5 Å². The van der Waals surface area contributed by atoms with E-state index >= 15 is 0 Å². The van der Waals surface area contributed by atoms with Crippen molar-refractivity contribution in [1.29, 1.82) is 0 Å². The predicted octanol–water partition coefficient (Wildman–Crippen LogP) is 5.63. The molecule has 18 heteroatoms. The minimum Gasteiger partial charge on any atom is -0.508 e. The Kier molecular flexibility index (Phi) is 13.4. The van der Waals surface area contributed by atoms with Gasteiger partial charge in [-0.25, -0.2) is 14.8 Å². The van der Waals surface area contributed by atoms with Gasteiger partial charge in [0.1, 0.15) is 23.6 Å². The zero-order valence-corrected chi connectivity index (χ0v) is 40.2. The van der Waals surface area contributed by atoms with Gasteiger partial charge in [0.15, 0.2) is 5.65 Å². The number of hydrogen-bond acceptors (Lipinski definition) is 12. The van der Waals surface area contributed by atoms with Crippen molar-refractivity contribution in [2.45, 2.75) is 109 Å². The normalized spacial score (nSPS) is 20.9. The zero-order valence-electron chi connectivity index (χ0n) is 39.5. The number of phenols is 2. The second kappa shape index (κ2) is 19.5. The lowest BCUT2D eigenvalue weighted by Crippen LogP contribution is -2.60. The average molecular weight is 959 g/mol. The summed E-state index contributed by atoms with van der Waals surface area (Å²) in [6.07, 6.45) is 12.9. The molecule has 3 saturated heterocycles. The van der Waals surface area contributed by atoms with Crippen molar-refractivity contribution >= 4 is 46.4 Å². The van der Waals surface area contributed by atoms with Gasteiger partial charge in [-0.2, -0.15) is 0 Å². The molecule has 4 aliphatic rings. The fourth-order valence-electron chi connectivity index (χ4n) is 10.6. The lowest BCUT2D eigenvalue weighted by molar-refractivity contribution is -0.142. The summed E-state index contributed by atoms with van der Waals surface area (Å²) in [5.41, 5.74) is 5.35. The number of aromatic nitrogens is 5. The summed E-state index contributed by atoms with van der Waals surface area (Å²) in [6, 6.07) is 10.1. The van der Waals surface area contributed by atoms with E-state index in [-0.39, 0.29) is 53.7 Å². The first-order valence-electron chi connectivity index (χ1n) is 23.9. The van der Waals surface area contributed by atoms with E-state index in [9.17, 15) is 29.7 Å². The number of halogens is 1. The maximum atomic E-state index is 14.2. The number of carbonyl (C=O) groups excluding carboxylic acids is 3. The highest BCUT2D eigenvalue weighted by Crippen LogP contribution is 2.39. The van der Waals surface area contributed by atoms with Crippen molar-refractivity contribution in [3.05, 3.63) is 87.8 Å². The number of rotatable bonds is 9. The van der Waals surface area contributed by atoms with E-state index in [1.54, 1.807) is 17.0 Å². The minimum absolute atomic E-state index is 0.00875. The van der Waals surface area contributed by atoms with Gasteiger partial charge in [0.25, 0.3) is 0 Å². The molecular weight excluding hydrogens is 898 g/mol. The molecule has 4 atom stereocenters. The molecule has 2 aromatic carbocycles. The first kappa shape index (κ1) is 47.6. The standard InChI is InChI=1S/C51H60ClN11O6/c1-6-30-21-38(52)37(43(66)22-30)27-53-47(67)41-23-34(64)28-63(41)48(68)45(51(3,4)5)57-50(69)61-18-13-33(14-19-61)60-16-11-31(12-17-60)32-25-54-49(55-26-32)62-20-15-39-44(29(62)2)36-24-40(58-59-46(36)56-39)35-9-7-8-10-42(35)65/h1,7-10,21-22,24-26,29,31,33-34,41,45,64-66H,11-20,23,27-28H2,2-5H3,(H,53,67)(H,56,59)(H,57,69)/t29-,34-,41+,45-/m1/s1. The summed E-state index contributed by atoms with van der Waals surface area (Å²) in [6.45, 7) is 11.3. The molecule has 4 amide bonds. The third-order valence-corrected chi connectivity index (χ3v) is 14.9. The predicted molar refractivity (Wildman–Crippen MR) is 261 cm³/mol. The Balaban J connectivity index is 0.763. The lowest BCUT2D eigenvalue weighted by Gasteiger charge is -2.42. The number of likely N-dealkylation sites (tertiary alicyclic amines) is 3. The number of hydrogen-bond donors (Lipinski definition) is 6. The van der Waals surface area contributed by atoms with Crippen LogP contribution in [0.4, 0.5) is 10.7 Å². The van der Waals surface area contributed by atoms with E-state index in [4.69, 9.17) is 28.0 Å². The topological polar surface area (TPSA) is 216 Å². The molecule has 17 nitrogen and oxygen atoms in total. The van der Waals surface area contributed by atoms with E-state index in [1.807, 2.05) is 51.4 Å². The van der Waals surface area contributed by atoms with Crippen molar-refractivity contribution in [3.63, 3.8) is 0 Å². The van der Waals surface area contributed by atoms with Crippen LogP contribution in [0.2, 0.25) is 5.02 Å². The molecule has 0 aliphatic carbocycles. The molecule has 362 valence electrons. The number of anilines is 1. The van der Waals surface area contributed by atoms with Crippen LogP contribution in [0.15, 0.2) is 54.9 Å². The zero-order chi connectivity index (χ0) is 48.7. The average Bonchev–Trinajstić information content (AvgIpc) is 3.93. The number of urea groups is 1. The van der Waals surface area contributed by atoms with E-state index in [2.05, 4.69) is 48.5 Å². The Hall–Kier alpha value is -6.48. The van der Waals surface area contributed by atoms with Crippen LogP contribution < -0.4 is 15.5 Å². The highest BCUT2D eigenvalue weighted by Gasteiger charge is 2.45. The van der Waals surface area contributed by atoms with Gasteiger partial charge in [-0.1, -0.05) is 50.4 Å². The van der Waals surface area contributed by atoms with Gasteiger partial charge in [0.05, 0.1) is 22.9 Å². The number of aromatic hydroxyl groups is 2. The number of benzene rings is 2. The summed E-state index contributed by atoms with van der Waals surface area (Å²) >= 11 is 6.33. The van der Waals surface area contributed by atoms with Gasteiger partial charge in [-0.15, -0.1) is 16.6 Å². The number of aromatic amines is 1. The van der Waals surface area contributed by atoms with E-state index < -0.39 is 35.4 Å². The monoisotopic (exact) mass is 957 g/mol. The van der Waals surface area contributed by atoms with Gasteiger partial charge in [-0.3, -0.25) is 9.59 Å². The van der Waals surface area contributed by atoms with E-state index in [0.717, 1.165) is 79.6 Å². The number of carbonyl (C=O) groups is 3. The summed E-state index contributed by atoms with van der Waals surface area (Å²) in [5.74, 6) is 2.48. The number of nitrogens with zero attached hydrogens (tertiary/aromatic N) is 8. The Morgan fingerprint density at radius 1 is 0.971 bits per heavy atom. The largest absolute Gasteiger partial charge is 0.508 e. The summed E-state index contributed by atoms with van der Waals surface area (Å²) in [5, 5.41) is 47.4. The summed E-state index contributed by atoms with van der Waals surface area (Å²) in [4.78, 5) is 62.7. The third kappa shape index (κ3) is 9.75. The fourth-order valence-corrected chi connectivity index (χ4v) is 10.9. The summed E-state index contributed by atoms with van der Waals surface area (Å²) < 4.78 is 0. The molecule has 0 unspecified atom stereocenters. The Bertz CT molecular complexity index is 2750. The Morgan fingerprint density at radius 3 is 2.38 bits per heavy atom. The first-order valence-corrected chi connectivity index (χ1v) is 24.2. The van der Waals surface area contributed by atoms with Gasteiger partial charge >= 0.3 is 6.03 Å². The first-order chi connectivity index (χ1) is 33.1. The number of para-hydroxylation sites is 1. The molecule has 9 rings (SSSR count). The molecule has 4 aliphatic heterocycles. The van der Waals surface area contributed by atoms with Gasteiger partial charge < -0.3 is 50.5 Å². The number of phenolic OH excluding ortho intramolecular Hbond substituents is 2. The van der Waals surface area contributed by atoms with Gasteiger partial charge in [0, 0.05) is 97.3 Å². The fraction of sp³-hybridized carbons (Fsp3) is 0.471. The third-order valence-electron chi connectivity index (χ3n) is 14.6. The number of nitrogens with one attached hydrogen (secondary N) is 3. The number of piperidine rings is 2. The molecule has 7 heterocycles. The number of aliphatic hydroxyl groups is 1. The van der Waals surface area contributed by atoms with Crippen LogP contribution in [0.3, 0.4) is 0 Å². The number of aliphatic hydroxyl groups excluding tert-OH is 1. The highest BCUT2D eigenvalue weighted by atomic mass is 35.5. The highest BCUT2D eigenvalue weighted by molar-refractivity contribution is 6.31. The van der Waals surface area contributed by atoms with Crippen LogP contribution >= 0.6 is 11.6 Å². The molecule has 0 spiro atoms. The van der Waals surface area contributed by atoms with Crippen molar-refractivity contribution in [1.82, 2.24) is 50.5 Å². The lowest BCUT2D eigenvalue weighted by atomic mass is 9.85. The van der Waals surface area contributed by atoms with E-state index in [0.29, 0.717) is 47.8 Å². The van der Waals surface area contributed by atoms with Crippen molar-refractivity contribution in [2.75, 3.05) is 44.2 Å². The van der Waals surface area contributed by atoms with Crippen LogP contribution in [-0.2, 0) is 22.6 Å². The molecule has 3 fully saturated rings. The molecule has 0 bridgehead atoms. The molecule has 5 aromatic rings.